The molecule has 0 saturated carbocycles. The van der Waals surface area contributed by atoms with Gasteiger partial charge in [0.2, 0.25) is 6.10 Å². The van der Waals surface area contributed by atoms with Crippen molar-refractivity contribution in [2.45, 2.75) is 6.10 Å². The highest BCUT2D eigenvalue weighted by molar-refractivity contribution is 6.32. The fourth-order valence-corrected chi connectivity index (χ4v) is 2.34. The van der Waals surface area contributed by atoms with E-state index in [0.29, 0.717) is 5.56 Å². The summed E-state index contributed by atoms with van der Waals surface area (Å²) in [5, 5.41) is 4.41. The van der Waals surface area contributed by atoms with E-state index in [2.05, 4.69) is 10.6 Å². The summed E-state index contributed by atoms with van der Waals surface area (Å²) in [5.74, 6) is -2.34. The largest absolute Gasteiger partial charge is 0.444 e. The van der Waals surface area contributed by atoms with Gasteiger partial charge in [-0.1, -0.05) is 48.0 Å². The summed E-state index contributed by atoms with van der Waals surface area (Å²) in [4.78, 5) is 35.8. The van der Waals surface area contributed by atoms with E-state index in [1.807, 2.05) is 0 Å². The van der Waals surface area contributed by atoms with Crippen molar-refractivity contribution in [1.29, 1.82) is 0 Å². The zero-order valence-electron chi connectivity index (χ0n) is 14.2. The molecule has 27 heavy (non-hydrogen) atoms. The van der Waals surface area contributed by atoms with Gasteiger partial charge < -0.3 is 10.1 Å². The monoisotopic (exact) mass is 390 g/mol. The number of amides is 3. The van der Waals surface area contributed by atoms with Gasteiger partial charge in [-0.3, -0.25) is 10.1 Å². The molecule has 0 aromatic heterocycles. The highest BCUT2D eigenvalue weighted by Crippen LogP contribution is 2.21. The molecule has 0 bridgehead atoms. The van der Waals surface area contributed by atoms with Gasteiger partial charge in [0.1, 0.15) is 5.82 Å². The average Bonchev–Trinajstić information content (AvgIpc) is 2.66. The van der Waals surface area contributed by atoms with Crippen LogP contribution in [0.15, 0.2) is 54.6 Å². The summed E-state index contributed by atoms with van der Waals surface area (Å²) >= 11 is 5.89. The van der Waals surface area contributed by atoms with Crippen molar-refractivity contribution in [2.24, 2.45) is 0 Å². The van der Waals surface area contributed by atoms with Crippen LogP contribution < -0.4 is 10.6 Å². The minimum absolute atomic E-state index is 0.0159. The average molecular weight is 391 g/mol. The van der Waals surface area contributed by atoms with Crippen LogP contribution in [-0.2, 0) is 14.3 Å². The first-order chi connectivity index (χ1) is 12.9. The number of imide groups is 1. The van der Waals surface area contributed by atoms with Gasteiger partial charge in [-0.2, -0.15) is 0 Å². The zero-order valence-corrected chi connectivity index (χ0v) is 15.0. The molecule has 6 nitrogen and oxygen atoms in total. The van der Waals surface area contributed by atoms with Crippen LogP contribution in [0, 0.1) is 5.82 Å². The van der Waals surface area contributed by atoms with Crippen molar-refractivity contribution in [1.82, 2.24) is 10.6 Å². The standard InChI is InChI=1S/C19H16ClFN2O4/c1-22-19(26)23-18(25)17(12-6-3-2-4-7-12)27-16(24)11-10-13-14(20)8-5-9-15(13)21/h2-11,17H,1H3,(H2,22,23,25,26)/b11-10+/t17-/m1/s1. The van der Waals surface area contributed by atoms with Crippen LogP contribution in [0.5, 0.6) is 0 Å². The number of halogens is 2. The topological polar surface area (TPSA) is 84.5 Å². The summed E-state index contributed by atoms with van der Waals surface area (Å²) in [6, 6.07) is 11.5. The second-order valence-corrected chi connectivity index (χ2v) is 5.67. The molecule has 0 unspecified atom stereocenters. The van der Waals surface area contributed by atoms with Gasteiger partial charge in [-0.15, -0.1) is 0 Å². The van der Waals surface area contributed by atoms with Crippen molar-refractivity contribution in [3.05, 3.63) is 76.6 Å². The Bertz CT molecular complexity index is 851. The van der Waals surface area contributed by atoms with E-state index < -0.39 is 29.8 Å². The second kappa shape index (κ2) is 9.49. The summed E-state index contributed by atoms with van der Waals surface area (Å²) in [6.45, 7) is 0. The van der Waals surface area contributed by atoms with Gasteiger partial charge in [0.15, 0.2) is 0 Å². The number of esters is 1. The molecule has 0 aliphatic heterocycles. The summed E-state index contributed by atoms with van der Waals surface area (Å²) in [6.07, 6.45) is 0.739. The van der Waals surface area contributed by atoms with Crippen molar-refractivity contribution < 1.29 is 23.5 Å². The van der Waals surface area contributed by atoms with Crippen LogP contribution >= 0.6 is 11.6 Å². The smallest absolute Gasteiger partial charge is 0.331 e. The number of nitrogens with one attached hydrogen (secondary N) is 2. The third-order valence-corrected chi connectivity index (χ3v) is 3.75. The van der Waals surface area contributed by atoms with Gasteiger partial charge in [0.05, 0.1) is 5.02 Å². The Kier molecular flexibility index (Phi) is 7.08. The Balaban J connectivity index is 2.19. The lowest BCUT2D eigenvalue weighted by Gasteiger charge is -2.16. The van der Waals surface area contributed by atoms with Crippen LogP contribution in [0.25, 0.3) is 6.08 Å². The van der Waals surface area contributed by atoms with Gasteiger partial charge in [0, 0.05) is 24.3 Å². The molecule has 0 aliphatic rings. The van der Waals surface area contributed by atoms with Crippen LogP contribution in [0.2, 0.25) is 5.02 Å². The first-order valence-electron chi connectivity index (χ1n) is 7.82. The first-order valence-corrected chi connectivity index (χ1v) is 8.20. The minimum Gasteiger partial charge on any atom is -0.444 e. The van der Waals surface area contributed by atoms with E-state index in [1.165, 1.54) is 25.2 Å². The lowest BCUT2D eigenvalue weighted by molar-refractivity contribution is -0.151. The van der Waals surface area contributed by atoms with Crippen molar-refractivity contribution >= 4 is 35.6 Å². The maximum absolute atomic E-state index is 13.7. The number of rotatable bonds is 5. The predicted molar refractivity (Wildman–Crippen MR) is 98.3 cm³/mol. The van der Waals surface area contributed by atoms with E-state index in [1.54, 1.807) is 30.3 Å². The van der Waals surface area contributed by atoms with Crippen molar-refractivity contribution in [3.8, 4) is 0 Å². The van der Waals surface area contributed by atoms with Crippen molar-refractivity contribution in [2.75, 3.05) is 7.05 Å². The Morgan fingerprint density at radius 1 is 1.11 bits per heavy atom. The normalized spacial score (nSPS) is 11.7. The van der Waals surface area contributed by atoms with Crippen LogP contribution in [0.3, 0.4) is 0 Å². The third kappa shape index (κ3) is 5.65. The number of hydrogen-bond donors (Lipinski definition) is 2. The molecule has 8 heteroatoms. The van der Waals surface area contributed by atoms with E-state index in [4.69, 9.17) is 16.3 Å². The second-order valence-electron chi connectivity index (χ2n) is 5.26. The van der Waals surface area contributed by atoms with Crippen molar-refractivity contribution in [3.63, 3.8) is 0 Å². The van der Waals surface area contributed by atoms with Gasteiger partial charge in [-0.25, -0.2) is 14.0 Å². The Morgan fingerprint density at radius 2 is 1.81 bits per heavy atom. The Labute approximate surface area is 160 Å². The van der Waals surface area contributed by atoms with Gasteiger partial charge in [0.25, 0.3) is 5.91 Å². The number of benzene rings is 2. The molecule has 0 saturated heterocycles. The molecular formula is C19H16ClFN2O4. The fourth-order valence-electron chi connectivity index (χ4n) is 2.12. The molecule has 0 radical (unpaired) electrons. The maximum atomic E-state index is 13.7. The van der Waals surface area contributed by atoms with Crippen LogP contribution in [0.4, 0.5) is 9.18 Å². The number of ether oxygens (including phenoxy) is 1. The van der Waals surface area contributed by atoms with Crippen LogP contribution in [-0.4, -0.2) is 25.0 Å². The van der Waals surface area contributed by atoms with E-state index in [9.17, 15) is 18.8 Å². The molecule has 2 rings (SSSR count). The molecule has 2 aromatic rings. The quantitative estimate of drug-likeness (QED) is 0.606. The fraction of sp³-hybridized carbons (Fsp3) is 0.105. The molecule has 0 fully saturated rings. The molecule has 0 aliphatic carbocycles. The molecule has 140 valence electrons. The lowest BCUT2D eigenvalue weighted by Crippen LogP contribution is -2.41. The predicted octanol–water partition coefficient (Wildman–Crippen LogP) is 3.23. The number of hydrogen-bond acceptors (Lipinski definition) is 4. The highest BCUT2D eigenvalue weighted by Gasteiger charge is 2.25. The van der Waals surface area contributed by atoms with Crippen LogP contribution in [0.1, 0.15) is 17.2 Å². The summed E-state index contributed by atoms with van der Waals surface area (Å²) in [5.41, 5.74) is 0.381. The Hall–Kier alpha value is -3.19. The molecular weight excluding hydrogens is 375 g/mol. The van der Waals surface area contributed by atoms with E-state index in [-0.39, 0.29) is 10.6 Å². The Morgan fingerprint density at radius 3 is 2.44 bits per heavy atom. The summed E-state index contributed by atoms with van der Waals surface area (Å²) in [7, 11) is 1.34. The lowest BCUT2D eigenvalue weighted by atomic mass is 10.1. The maximum Gasteiger partial charge on any atom is 0.331 e. The van der Waals surface area contributed by atoms with E-state index in [0.717, 1.165) is 12.2 Å². The van der Waals surface area contributed by atoms with Gasteiger partial charge in [-0.05, 0) is 18.2 Å². The van der Waals surface area contributed by atoms with Gasteiger partial charge >= 0.3 is 12.0 Å². The first kappa shape index (κ1) is 20.1. The SMILES string of the molecule is CNC(=O)NC(=O)[C@H](OC(=O)/C=C/c1c(F)cccc1Cl)c1ccccc1. The molecule has 1 atom stereocenters. The highest BCUT2D eigenvalue weighted by atomic mass is 35.5. The zero-order chi connectivity index (χ0) is 19.8. The molecule has 0 spiro atoms. The number of carbonyl (C=O) groups excluding carboxylic acids is 3. The summed E-state index contributed by atoms with van der Waals surface area (Å²) < 4.78 is 18.9. The number of urea groups is 1. The molecule has 2 aromatic carbocycles. The number of carbonyl (C=O) groups is 3. The third-order valence-electron chi connectivity index (χ3n) is 3.42. The molecule has 3 amide bonds. The van der Waals surface area contributed by atoms with E-state index >= 15 is 0 Å². The minimum atomic E-state index is -1.36. The molecule has 0 heterocycles. The molecule has 2 N–H and O–H groups in total.